The lowest BCUT2D eigenvalue weighted by atomic mass is 10.1. The van der Waals surface area contributed by atoms with Crippen LogP contribution in [0, 0.1) is 6.92 Å². The number of carbonyl (C=O) groups excluding carboxylic acids is 1. The second-order valence-electron chi connectivity index (χ2n) is 4.48. The number of benzene rings is 1. The van der Waals surface area contributed by atoms with Gasteiger partial charge in [-0.1, -0.05) is 29.8 Å². The molecule has 0 radical (unpaired) electrons. The smallest absolute Gasteiger partial charge is 0.471 e. The van der Waals surface area contributed by atoms with E-state index in [4.69, 9.17) is 5.11 Å². The zero-order chi connectivity index (χ0) is 16.5. The number of anilines is 1. The molecule has 116 valence electrons. The summed E-state index contributed by atoms with van der Waals surface area (Å²) in [7, 11) is 0. The Hall–Kier alpha value is -2.35. The van der Waals surface area contributed by atoms with Gasteiger partial charge in [0.1, 0.15) is 4.88 Å². The number of hydrogen-bond acceptors (Lipinski definition) is 3. The molecule has 2 aromatic rings. The van der Waals surface area contributed by atoms with Crippen molar-refractivity contribution < 1.29 is 27.9 Å². The summed E-state index contributed by atoms with van der Waals surface area (Å²) in [5.41, 5.74) is 1.36. The van der Waals surface area contributed by atoms with E-state index in [1.54, 1.807) is 29.6 Å². The fraction of sp³-hybridized carbons (Fsp3) is 0.143. The number of carboxylic acids is 1. The minimum Gasteiger partial charge on any atom is -0.477 e. The molecule has 1 aromatic carbocycles. The minimum absolute atomic E-state index is 0.236. The number of carbonyl (C=O) groups is 2. The second-order valence-corrected chi connectivity index (χ2v) is 5.36. The monoisotopic (exact) mass is 329 g/mol. The van der Waals surface area contributed by atoms with Crippen molar-refractivity contribution in [3.63, 3.8) is 0 Å². The third-order valence-electron chi connectivity index (χ3n) is 2.84. The molecule has 4 nitrogen and oxygen atoms in total. The topological polar surface area (TPSA) is 66.4 Å². The number of alkyl halides is 3. The maximum absolute atomic E-state index is 12.4. The van der Waals surface area contributed by atoms with Crippen molar-refractivity contribution >= 4 is 28.9 Å². The standard InChI is InChI=1S/C14H10F3NO3S/c1-7-2-4-8(5-3-7)9-6-22-11(12(19)20)10(9)18-13(21)14(15,16)17/h2-6H,1H3,(H,18,21)(H,19,20). The highest BCUT2D eigenvalue weighted by atomic mass is 32.1. The number of nitrogens with one attached hydrogen (secondary N) is 1. The van der Waals surface area contributed by atoms with E-state index in [2.05, 4.69) is 0 Å². The maximum Gasteiger partial charge on any atom is 0.471 e. The van der Waals surface area contributed by atoms with Crippen molar-refractivity contribution in [3.8, 4) is 11.1 Å². The van der Waals surface area contributed by atoms with E-state index in [1.165, 1.54) is 5.38 Å². The average molecular weight is 329 g/mol. The van der Waals surface area contributed by atoms with E-state index in [0.29, 0.717) is 5.56 Å². The molecule has 2 N–H and O–H groups in total. The molecule has 1 heterocycles. The van der Waals surface area contributed by atoms with Crippen LogP contribution < -0.4 is 5.32 Å². The Morgan fingerprint density at radius 1 is 1.18 bits per heavy atom. The van der Waals surface area contributed by atoms with Crippen LogP contribution in [-0.2, 0) is 4.79 Å². The molecule has 0 aliphatic rings. The molecular formula is C14H10F3NO3S. The van der Waals surface area contributed by atoms with Gasteiger partial charge in [-0.15, -0.1) is 11.3 Å². The fourth-order valence-electron chi connectivity index (χ4n) is 1.77. The fourth-order valence-corrected chi connectivity index (χ4v) is 2.64. The Kier molecular flexibility index (Phi) is 4.23. The predicted molar refractivity (Wildman–Crippen MR) is 76.1 cm³/mol. The highest BCUT2D eigenvalue weighted by Crippen LogP contribution is 2.37. The highest BCUT2D eigenvalue weighted by molar-refractivity contribution is 7.13. The third-order valence-corrected chi connectivity index (χ3v) is 3.81. The molecule has 0 aliphatic carbocycles. The number of thiophene rings is 1. The van der Waals surface area contributed by atoms with E-state index in [1.807, 2.05) is 6.92 Å². The van der Waals surface area contributed by atoms with E-state index >= 15 is 0 Å². The first-order chi connectivity index (χ1) is 10.2. The van der Waals surface area contributed by atoms with Gasteiger partial charge in [-0.2, -0.15) is 13.2 Å². The quantitative estimate of drug-likeness (QED) is 0.897. The normalized spacial score (nSPS) is 11.3. The number of amides is 1. The molecule has 0 aliphatic heterocycles. The van der Waals surface area contributed by atoms with Gasteiger partial charge in [-0.05, 0) is 12.5 Å². The number of carboxylic acid groups (broad SMARTS) is 1. The molecule has 8 heteroatoms. The van der Waals surface area contributed by atoms with E-state index < -0.39 is 18.1 Å². The molecule has 0 bridgehead atoms. The first-order valence-electron chi connectivity index (χ1n) is 6.00. The van der Waals surface area contributed by atoms with Gasteiger partial charge in [-0.3, -0.25) is 4.79 Å². The van der Waals surface area contributed by atoms with Crippen LogP contribution in [-0.4, -0.2) is 23.2 Å². The van der Waals surface area contributed by atoms with Crippen molar-refractivity contribution in [3.05, 3.63) is 40.1 Å². The lowest BCUT2D eigenvalue weighted by molar-refractivity contribution is -0.167. The van der Waals surface area contributed by atoms with Gasteiger partial charge < -0.3 is 10.4 Å². The summed E-state index contributed by atoms with van der Waals surface area (Å²) in [6.07, 6.45) is -5.09. The van der Waals surface area contributed by atoms with E-state index in [0.717, 1.165) is 16.9 Å². The van der Waals surface area contributed by atoms with Crippen molar-refractivity contribution in [2.75, 3.05) is 5.32 Å². The van der Waals surface area contributed by atoms with Crippen LogP contribution >= 0.6 is 11.3 Å². The molecule has 0 atom stereocenters. The largest absolute Gasteiger partial charge is 0.477 e. The van der Waals surface area contributed by atoms with Gasteiger partial charge in [0.15, 0.2) is 0 Å². The maximum atomic E-state index is 12.4. The Morgan fingerprint density at radius 3 is 2.27 bits per heavy atom. The summed E-state index contributed by atoms with van der Waals surface area (Å²) in [6, 6.07) is 6.77. The summed E-state index contributed by atoms with van der Waals surface area (Å²) in [5, 5.41) is 12.1. The Morgan fingerprint density at radius 2 is 1.77 bits per heavy atom. The van der Waals surface area contributed by atoms with Gasteiger partial charge in [0, 0.05) is 10.9 Å². The second kappa shape index (κ2) is 5.80. The molecule has 0 saturated heterocycles. The summed E-state index contributed by atoms with van der Waals surface area (Å²) in [5.74, 6) is -3.61. The van der Waals surface area contributed by atoms with Gasteiger partial charge in [0.2, 0.25) is 0 Å². The number of hydrogen-bond donors (Lipinski definition) is 2. The SMILES string of the molecule is Cc1ccc(-c2csc(C(=O)O)c2NC(=O)C(F)(F)F)cc1. The van der Waals surface area contributed by atoms with Crippen LogP contribution in [0.15, 0.2) is 29.6 Å². The number of rotatable bonds is 3. The van der Waals surface area contributed by atoms with Crippen molar-refractivity contribution in [2.24, 2.45) is 0 Å². The molecule has 22 heavy (non-hydrogen) atoms. The van der Waals surface area contributed by atoms with Crippen molar-refractivity contribution in [2.45, 2.75) is 13.1 Å². The van der Waals surface area contributed by atoms with Crippen LogP contribution in [0.4, 0.5) is 18.9 Å². The Balaban J connectivity index is 2.49. The van der Waals surface area contributed by atoms with Crippen molar-refractivity contribution in [1.82, 2.24) is 0 Å². The minimum atomic E-state index is -5.09. The average Bonchev–Trinajstić information content (AvgIpc) is 2.82. The zero-order valence-corrected chi connectivity index (χ0v) is 12.0. The van der Waals surface area contributed by atoms with Crippen LogP contribution in [0.3, 0.4) is 0 Å². The number of halogens is 3. The van der Waals surface area contributed by atoms with Crippen LogP contribution in [0.2, 0.25) is 0 Å². The van der Waals surface area contributed by atoms with Gasteiger partial charge in [-0.25, -0.2) is 4.79 Å². The molecule has 0 unspecified atom stereocenters. The van der Waals surface area contributed by atoms with Crippen LogP contribution in [0.25, 0.3) is 11.1 Å². The van der Waals surface area contributed by atoms with E-state index in [-0.39, 0.29) is 16.1 Å². The van der Waals surface area contributed by atoms with Gasteiger partial charge >= 0.3 is 18.1 Å². The van der Waals surface area contributed by atoms with Gasteiger partial charge in [0.25, 0.3) is 0 Å². The number of aryl methyl sites for hydroxylation is 1. The lowest BCUT2D eigenvalue weighted by Crippen LogP contribution is -2.30. The predicted octanol–water partition coefficient (Wildman–Crippen LogP) is 3.92. The zero-order valence-electron chi connectivity index (χ0n) is 11.2. The third kappa shape index (κ3) is 3.28. The molecule has 0 fully saturated rings. The number of aromatic carboxylic acids is 1. The summed E-state index contributed by atoms with van der Waals surface area (Å²) in [4.78, 5) is 21.9. The molecule has 2 rings (SSSR count). The molecule has 1 aromatic heterocycles. The van der Waals surface area contributed by atoms with Crippen LogP contribution in [0.1, 0.15) is 15.2 Å². The van der Waals surface area contributed by atoms with Gasteiger partial charge in [0.05, 0.1) is 5.69 Å². The summed E-state index contributed by atoms with van der Waals surface area (Å²) >= 11 is 0.754. The molecule has 0 saturated carbocycles. The van der Waals surface area contributed by atoms with Crippen molar-refractivity contribution in [1.29, 1.82) is 0 Å². The Bertz CT molecular complexity index is 720. The summed E-state index contributed by atoms with van der Waals surface area (Å²) in [6.45, 7) is 1.84. The Labute approximate surface area is 127 Å². The highest BCUT2D eigenvalue weighted by Gasteiger charge is 2.40. The lowest BCUT2D eigenvalue weighted by Gasteiger charge is -2.10. The molecular weight excluding hydrogens is 319 g/mol. The first-order valence-corrected chi connectivity index (χ1v) is 6.88. The van der Waals surface area contributed by atoms with Crippen LogP contribution in [0.5, 0.6) is 0 Å². The molecule has 0 spiro atoms. The van der Waals surface area contributed by atoms with E-state index in [9.17, 15) is 22.8 Å². The molecule has 1 amide bonds. The first kappa shape index (κ1) is 16.0. The summed E-state index contributed by atoms with van der Waals surface area (Å²) < 4.78 is 37.2.